The van der Waals surface area contributed by atoms with Crippen LogP contribution in [0.2, 0.25) is 0 Å². The zero-order valence-electron chi connectivity index (χ0n) is 14.8. The van der Waals surface area contributed by atoms with E-state index >= 15 is 0 Å². The van der Waals surface area contributed by atoms with Crippen molar-refractivity contribution in [3.05, 3.63) is 89.1 Å². The number of benzene rings is 3. The Morgan fingerprint density at radius 3 is 2.12 bits per heavy atom. The molecule has 3 nitrogen and oxygen atoms in total. The summed E-state index contributed by atoms with van der Waals surface area (Å²) < 4.78 is 7.37. The second-order valence-corrected chi connectivity index (χ2v) is 6.22. The van der Waals surface area contributed by atoms with Crippen LogP contribution in [0, 0.1) is 0 Å². The van der Waals surface area contributed by atoms with E-state index < -0.39 is 0 Å². The third-order valence-corrected chi connectivity index (χ3v) is 4.74. The Bertz CT molecular complexity index is 1130. The Kier molecular flexibility index (Phi) is 4.05. The molecule has 4 aromatic rings. The molecule has 0 radical (unpaired) electrons. The average molecular weight is 341 g/mol. The maximum Gasteiger partial charge on any atom is 0.197 e. The van der Waals surface area contributed by atoms with E-state index in [0.29, 0.717) is 0 Å². The molecule has 3 aromatic carbocycles. The molecule has 1 aromatic heterocycles. The van der Waals surface area contributed by atoms with Gasteiger partial charge in [-0.15, -0.1) is 0 Å². The molecule has 0 amide bonds. The quantitative estimate of drug-likeness (QED) is 0.532. The van der Waals surface area contributed by atoms with Crippen LogP contribution in [0.25, 0.3) is 33.3 Å². The summed E-state index contributed by atoms with van der Waals surface area (Å²) in [4.78, 5) is 13.4. The topological polar surface area (TPSA) is 31.2 Å². The zero-order chi connectivity index (χ0) is 18.1. The smallest absolute Gasteiger partial charge is 0.197 e. The van der Waals surface area contributed by atoms with Crippen molar-refractivity contribution in [3.8, 4) is 28.1 Å². The van der Waals surface area contributed by atoms with Gasteiger partial charge in [0.15, 0.2) is 5.43 Å². The minimum atomic E-state index is 0.0516. The predicted octanol–water partition coefficient (Wildman–Crippen LogP) is 4.88. The molecule has 0 saturated carbocycles. The lowest BCUT2D eigenvalue weighted by atomic mass is 9.96. The molecule has 0 saturated heterocycles. The van der Waals surface area contributed by atoms with Gasteiger partial charge >= 0.3 is 0 Å². The summed E-state index contributed by atoms with van der Waals surface area (Å²) in [7, 11) is 3.66. The molecule has 26 heavy (non-hydrogen) atoms. The van der Waals surface area contributed by atoms with Gasteiger partial charge in [0.1, 0.15) is 5.75 Å². The highest BCUT2D eigenvalue weighted by Crippen LogP contribution is 2.32. The molecule has 0 fully saturated rings. The number of fused-ring (bicyclic) bond motifs is 1. The summed E-state index contributed by atoms with van der Waals surface area (Å²) in [6, 6.07) is 25.4. The van der Waals surface area contributed by atoms with Gasteiger partial charge in [-0.3, -0.25) is 4.79 Å². The first-order chi connectivity index (χ1) is 12.7. The minimum absolute atomic E-state index is 0.0516. The molecule has 0 aliphatic rings. The highest BCUT2D eigenvalue weighted by molar-refractivity contribution is 5.92. The summed E-state index contributed by atoms with van der Waals surface area (Å²) in [5.74, 6) is 0.792. The normalized spacial score (nSPS) is 10.8. The van der Waals surface area contributed by atoms with Crippen molar-refractivity contribution in [1.29, 1.82) is 0 Å². The fourth-order valence-electron chi connectivity index (χ4n) is 3.45. The molecule has 3 heteroatoms. The number of aryl methyl sites for hydroxylation is 1. The maximum atomic E-state index is 13.4. The molecule has 0 N–H and O–H groups in total. The highest BCUT2D eigenvalue weighted by atomic mass is 16.5. The van der Waals surface area contributed by atoms with Gasteiger partial charge < -0.3 is 9.30 Å². The first-order valence-electron chi connectivity index (χ1n) is 8.52. The molecular weight excluding hydrogens is 322 g/mol. The van der Waals surface area contributed by atoms with E-state index in [1.807, 2.05) is 85.9 Å². The van der Waals surface area contributed by atoms with E-state index in [1.54, 1.807) is 7.11 Å². The molecule has 4 rings (SSSR count). The number of methoxy groups -OCH3 is 1. The van der Waals surface area contributed by atoms with Crippen LogP contribution >= 0.6 is 0 Å². The van der Waals surface area contributed by atoms with Gasteiger partial charge in [0.25, 0.3) is 0 Å². The van der Waals surface area contributed by atoms with Gasteiger partial charge in [0, 0.05) is 12.4 Å². The molecule has 1 heterocycles. The lowest BCUT2D eigenvalue weighted by Gasteiger charge is -2.18. The zero-order valence-corrected chi connectivity index (χ0v) is 14.8. The Labute approximate surface area is 152 Å². The number of ether oxygens (including phenoxy) is 1. The van der Waals surface area contributed by atoms with Crippen molar-refractivity contribution in [1.82, 2.24) is 4.57 Å². The molecule has 0 atom stereocenters. The molecule has 0 aliphatic heterocycles. The SMILES string of the molecule is COc1ccc(-c2c(-c3ccccc3)c(=O)c3ccccc3n2C)cc1. The number of pyridine rings is 1. The van der Waals surface area contributed by atoms with Gasteiger partial charge in [-0.05, 0) is 47.5 Å². The maximum absolute atomic E-state index is 13.4. The van der Waals surface area contributed by atoms with Crippen LogP contribution in [0.4, 0.5) is 0 Å². The number of aromatic nitrogens is 1. The van der Waals surface area contributed by atoms with Gasteiger partial charge in [-0.1, -0.05) is 42.5 Å². The molecule has 0 unspecified atom stereocenters. The average Bonchev–Trinajstić information content (AvgIpc) is 2.71. The van der Waals surface area contributed by atoms with Crippen molar-refractivity contribution in [2.45, 2.75) is 0 Å². The first-order valence-corrected chi connectivity index (χ1v) is 8.52. The summed E-state index contributed by atoms with van der Waals surface area (Å²) in [5, 5.41) is 0.728. The van der Waals surface area contributed by atoms with E-state index in [2.05, 4.69) is 4.57 Å². The van der Waals surface area contributed by atoms with Crippen LogP contribution in [-0.4, -0.2) is 11.7 Å². The van der Waals surface area contributed by atoms with Gasteiger partial charge in [-0.2, -0.15) is 0 Å². The highest BCUT2D eigenvalue weighted by Gasteiger charge is 2.18. The van der Waals surface area contributed by atoms with Crippen molar-refractivity contribution in [3.63, 3.8) is 0 Å². The van der Waals surface area contributed by atoms with Crippen LogP contribution in [0.15, 0.2) is 83.7 Å². The summed E-state index contributed by atoms with van der Waals surface area (Å²) in [6.45, 7) is 0. The molecule has 0 spiro atoms. The largest absolute Gasteiger partial charge is 0.497 e. The third kappa shape index (κ3) is 2.58. The Balaban J connectivity index is 2.12. The third-order valence-electron chi connectivity index (χ3n) is 4.74. The first kappa shape index (κ1) is 16.2. The lowest BCUT2D eigenvalue weighted by molar-refractivity contribution is 0.415. The van der Waals surface area contributed by atoms with Crippen LogP contribution < -0.4 is 10.2 Å². The van der Waals surface area contributed by atoms with Crippen molar-refractivity contribution < 1.29 is 4.74 Å². The van der Waals surface area contributed by atoms with E-state index in [9.17, 15) is 4.79 Å². The van der Waals surface area contributed by atoms with E-state index in [1.165, 1.54) is 0 Å². The number of rotatable bonds is 3. The number of nitrogens with zero attached hydrogens (tertiary/aromatic N) is 1. The van der Waals surface area contributed by atoms with Crippen LogP contribution in [0.3, 0.4) is 0 Å². The Hall–Kier alpha value is -3.33. The fourth-order valence-corrected chi connectivity index (χ4v) is 3.45. The van der Waals surface area contributed by atoms with E-state index in [0.717, 1.165) is 39.0 Å². The molecule has 0 aliphatic carbocycles. The lowest BCUT2D eigenvalue weighted by Crippen LogP contribution is -2.14. The monoisotopic (exact) mass is 341 g/mol. The van der Waals surface area contributed by atoms with Crippen molar-refractivity contribution >= 4 is 10.9 Å². The minimum Gasteiger partial charge on any atom is -0.497 e. The van der Waals surface area contributed by atoms with Crippen LogP contribution in [-0.2, 0) is 7.05 Å². The number of hydrogen-bond donors (Lipinski definition) is 0. The van der Waals surface area contributed by atoms with Gasteiger partial charge in [-0.25, -0.2) is 0 Å². The number of para-hydroxylation sites is 1. The van der Waals surface area contributed by atoms with Crippen molar-refractivity contribution in [2.75, 3.05) is 7.11 Å². The van der Waals surface area contributed by atoms with Crippen molar-refractivity contribution in [2.24, 2.45) is 7.05 Å². The van der Waals surface area contributed by atoms with E-state index in [4.69, 9.17) is 4.74 Å². The summed E-state index contributed by atoms with van der Waals surface area (Å²) >= 11 is 0. The summed E-state index contributed by atoms with van der Waals surface area (Å²) in [5.41, 5.74) is 4.50. The van der Waals surface area contributed by atoms with Gasteiger partial charge in [0.2, 0.25) is 0 Å². The second-order valence-electron chi connectivity index (χ2n) is 6.22. The van der Waals surface area contributed by atoms with Crippen LogP contribution in [0.5, 0.6) is 5.75 Å². The van der Waals surface area contributed by atoms with Crippen LogP contribution in [0.1, 0.15) is 0 Å². The standard InChI is InChI=1S/C23H19NO2/c1-24-20-11-7-6-10-19(20)23(25)21(16-8-4-3-5-9-16)22(24)17-12-14-18(26-2)15-13-17/h3-15H,1-2H3. The predicted molar refractivity (Wildman–Crippen MR) is 107 cm³/mol. The Morgan fingerprint density at radius 1 is 0.769 bits per heavy atom. The fraction of sp³-hybridized carbons (Fsp3) is 0.0870. The molecule has 128 valence electrons. The Morgan fingerprint density at radius 2 is 1.42 bits per heavy atom. The number of hydrogen-bond acceptors (Lipinski definition) is 2. The van der Waals surface area contributed by atoms with E-state index in [-0.39, 0.29) is 5.43 Å². The molecular formula is C23H19NO2. The molecule has 0 bridgehead atoms. The van der Waals surface area contributed by atoms with Gasteiger partial charge in [0.05, 0.1) is 23.9 Å². The summed E-state index contributed by atoms with van der Waals surface area (Å²) in [6.07, 6.45) is 0. The second kappa shape index (κ2) is 6.52.